The summed E-state index contributed by atoms with van der Waals surface area (Å²) in [4.78, 5) is 0. The molecule has 1 atom stereocenters. The summed E-state index contributed by atoms with van der Waals surface area (Å²) >= 11 is 0. The highest BCUT2D eigenvalue weighted by Gasteiger charge is 2.27. The average Bonchev–Trinajstić information content (AvgIpc) is 2.23. The largest absolute Gasteiger partial charge is 0.510 e. The van der Waals surface area contributed by atoms with Gasteiger partial charge in [0.25, 0.3) is 0 Å². The summed E-state index contributed by atoms with van der Waals surface area (Å²) in [6.07, 6.45) is 4.28. The lowest BCUT2D eigenvalue weighted by molar-refractivity contribution is 0.309. The van der Waals surface area contributed by atoms with Crippen LogP contribution in [0.3, 0.4) is 0 Å². The van der Waals surface area contributed by atoms with Crippen molar-refractivity contribution in [3.63, 3.8) is 0 Å². The standard InChI is InChI=1S/C13H15NO/c1-13(14)9-11(7-8-12(13)15)10-5-3-2-4-6-10/h2-8,15H,9,14H2,1H3. The van der Waals surface area contributed by atoms with E-state index in [0.717, 1.165) is 5.56 Å². The SMILES string of the molecule is CC1(N)CC(c2ccccc2)=CC=C1O. The Bertz CT molecular complexity index is 415. The summed E-state index contributed by atoms with van der Waals surface area (Å²) in [6.45, 7) is 1.84. The maximum absolute atomic E-state index is 9.59. The van der Waals surface area contributed by atoms with Gasteiger partial charge in [-0.2, -0.15) is 0 Å². The predicted molar refractivity (Wildman–Crippen MR) is 62.3 cm³/mol. The summed E-state index contributed by atoms with van der Waals surface area (Å²) in [5, 5.41) is 9.59. The lowest BCUT2D eigenvalue weighted by Gasteiger charge is -2.28. The van der Waals surface area contributed by atoms with Crippen LogP contribution in [0, 0.1) is 0 Å². The van der Waals surface area contributed by atoms with Crippen molar-refractivity contribution >= 4 is 5.57 Å². The normalized spacial score (nSPS) is 25.7. The maximum Gasteiger partial charge on any atom is 0.112 e. The van der Waals surface area contributed by atoms with Gasteiger partial charge < -0.3 is 10.8 Å². The zero-order valence-corrected chi connectivity index (χ0v) is 8.77. The van der Waals surface area contributed by atoms with Crippen LogP contribution in [-0.2, 0) is 0 Å². The smallest absolute Gasteiger partial charge is 0.112 e. The van der Waals surface area contributed by atoms with E-state index in [4.69, 9.17) is 5.73 Å². The van der Waals surface area contributed by atoms with E-state index in [-0.39, 0.29) is 5.76 Å². The molecule has 1 aromatic rings. The van der Waals surface area contributed by atoms with Gasteiger partial charge in [0.05, 0.1) is 5.54 Å². The summed E-state index contributed by atoms with van der Waals surface area (Å²) < 4.78 is 0. The van der Waals surface area contributed by atoms with Gasteiger partial charge in [-0.3, -0.25) is 0 Å². The molecule has 0 heterocycles. The Morgan fingerprint density at radius 2 is 1.87 bits per heavy atom. The molecule has 0 saturated carbocycles. The number of rotatable bonds is 1. The molecule has 15 heavy (non-hydrogen) atoms. The molecule has 1 aliphatic rings. The number of hydrogen-bond acceptors (Lipinski definition) is 2. The summed E-state index contributed by atoms with van der Waals surface area (Å²) in [6, 6.07) is 10.1. The number of hydrogen-bond donors (Lipinski definition) is 2. The number of benzene rings is 1. The molecular formula is C13H15NO. The molecule has 78 valence electrons. The van der Waals surface area contributed by atoms with Gasteiger partial charge in [0, 0.05) is 0 Å². The highest BCUT2D eigenvalue weighted by Crippen LogP contribution is 2.31. The molecule has 0 fully saturated rings. The van der Waals surface area contributed by atoms with Gasteiger partial charge in [0.2, 0.25) is 0 Å². The lowest BCUT2D eigenvalue weighted by atomic mass is 9.84. The second-order valence-corrected chi connectivity index (χ2v) is 4.20. The molecule has 2 heteroatoms. The Morgan fingerprint density at radius 3 is 2.47 bits per heavy atom. The Balaban J connectivity index is 2.35. The average molecular weight is 201 g/mol. The quantitative estimate of drug-likeness (QED) is 0.733. The van der Waals surface area contributed by atoms with E-state index in [1.54, 1.807) is 6.08 Å². The van der Waals surface area contributed by atoms with E-state index >= 15 is 0 Å². The Morgan fingerprint density at radius 1 is 1.20 bits per heavy atom. The van der Waals surface area contributed by atoms with Crippen molar-refractivity contribution in [3.8, 4) is 0 Å². The number of aliphatic hydroxyl groups excluding tert-OH is 1. The lowest BCUT2D eigenvalue weighted by Crippen LogP contribution is -2.39. The fourth-order valence-electron chi connectivity index (χ4n) is 1.77. The predicted octanol–water partition coefficient (Wildman–Crippen LogP) is 2.63. The maximum atomic E-state index is 9.59. The Hall–Kier alpha value is -1.54. The molecule has 1 aliphatic carbocycles. The molecule has 0 spiro atoms. The minimum Gasteiger partial charge on any atom is -0.510 e. The summed E-state index contributed by atoms with van der Waals surface area (Å²) in [5.74, 6) is 0.252. The Labute approximate surface area is 89.7 Å². The second kappa shape index (κ2) is 3.55. The van der Waals surface area contributed by atoms with Crippen molar-refractivity contribution in [1.82, 2.24) is 0 Å². The van der Waals surface area contributed by atoms with Crippen LogP contribution in [0.15, 0.2) is 48.2 Å². The molecule has 0 aliphatic heterocycles. The van der Waals surface area contributed by atoms with E-state index < -0.39 is 5.54 Å². The topological polar surface area (TPSA) is 46.2 Å². The first-order chi connectivity index (χ1) is 7.09. The van der Waals surface area contributed by atoms with Gasteiger partial charge in [-0.1, -0.05) is 36.4 Å². The third-order valence-corrected chi connectivity index (χ3v) is 2.73. The fourth-order valence-corrected chi connectivity index (χ4v) is 1.77. The van der Waals surface area contributed by atoms with Crippen molar-refractivity contribution < 1.29 is 5.11 Å². The number of nitrogens with two attached hydrogens (primary N) is 1. The third-order valence-electron chi connectivity index (χ3n) is 2.73. The third kappa shape index (κ3) is 1.95. The van der Waals surface area contributed by atoms with Crippen LogP contribution in [0.1, 0.15) is 18.9 Å². The Kier molecular flexibility index (Phi) is 2.37. The monoisotopic (exact) mass is 201 g/mol. The van der Waals surface area contributed by atoms with Gasteiger partial charge in [-0.25, -0.2) is 0 Å². The van der Waals surface area contributed by atoms with Crippen LogP contribution in [0.5, 0.6) is 0 Å². The molecule has 0 amide bonds. The molecule has 0 aromatic heterocycles. The van der Waals surface area contributed by atoms with Crippen molar-refractivity contribution in [3.05, 3.63) is 53.8 Å². The van der Waals surface area contributed by atoms with Gasteiger partial charge >= 0.3 is 0 Å². The number of aliphatic hydroxyl groups is 1. The van der Waals surface area contributed by atoms with E-state index in [9.17, 15) is 5.11 Å². The van der Waals surface area contributed by atoms with E-state index in [0.29, 0.717) is 6.42 Å². The van der Waals surface area contributed by atoms with Crippen LogP contribution in [-0.4, -0.2) is 10.6 Å². The van der Waals surface area contributed by atoms with Gasteiger partial charge in [-0.05, 0) is 30.6 Å². The second-order valence-electron chi connectivity index (χ2n) is 4.20. The molecule has 0 bridgehead atoms. The van der Waals surface area contributed by atoms with Crippen LogP contribution in [0.4, 0.5) is 0 Å². The highest BCUT2D eigenvalue weighted by molar-refractivity contribution is 5.70. The fraction of sp³-hybridized carbons (Fsp3) is 0.231. The molecule has 2 nitrogen and oxygen atoms in total. The minimum atomic E-state index is -0.639. The molecule has 1 aromatic carbocycles. The van der Waals surface area contributed by atoms with Crippen LogP contribution < -0.4 is 5.73 Å². The molecular weight excluding hydrogens is 186 g/mol. The van der Waals surface area contributed by atoms with Crippen molar-refractivity contribution in [2.45, 2.75) is 18.9 Å². The first-order valence-electron chi connectivity index (χ1n) is 5.04. The van der Waals surface area contributed by atoms with Crippen LogP contribution in [0.25, 0.3) is 5.57 Å². The zero-order valence-electron chi connectivity index (χ0n) is 8.77. The van der Waals surface area contributed by atoms with E-state index in [1.165, 1.54) is 5.57 Å². The van der Waals surface area contributed by atoms with Crippen molar-refractivity contribution in [2.75, 3.05) is 0 Å². The first-order valence-corrected chi connectivity index (χ1v) is 5.04. The molecule has 3 N–H and O–H groups in total. The number of allylic oxidation sites excluding steroid dienone is 2. The van der Waals surface area contributed by atoms with Crippen molar-refractivity contribution in [2.24, 2.45) is 5.73 Å². The summed E-state index contributed by atoms with van der Waals surface area (Å²) in [5.41, 5.74) is 7.68. The molecule has 2 rings (SSSR count). The first kappa shape index (κ1) is 9.99. The van der Waals surface area contributed by atoms with Crippen molar-refractivity contribution in [1.29, 1.82) is 0 Å². The molecule has 0 radical (unpaired) electrons. The van der Waals surface area contributed by atoms with E-state index in [1.807, 2.05) is 31.2 Å². The van der Waals surface area contributed by atoms with E-state index in [2.05, 4.69) is 12.1 Å². The summed E-state index contributed by atoms with van der Waals surface area (Å²) in [7, 11) is 0. The van der Waals surface area contributed by atoms with Gasteiger partial charge in [-0.15, -0.1) is 0 Å². The van der Waals surface area contributed by atoms with Gasteiger partial charge in [0.15, 0.2) is 0 Å². The molecule has 0 saturated heterocycles. The van der Waals surface area contributed by atoms with Gasteiger partial charge in [0.1, 0.15) is 5.76 Å². The molecule has 1 unspecified atom stereocenters. The van der Waals surface area contributed by atoms with Crippen LogP contribution >= 0.6 is 0 Å². The zero-order chi connectivity index (χ0) is 10.9. The van der Waals surface area contributed by atoms with Crippen LogP contribution in [0.2, 0.25) is 0 Å². The highest BCUT2D eigenvalue weighted by atomic mass is 16.3. The minimum absolute atomic E-state index is 0.252.